The van der Waals surface area contributed by atoms with Gasteiger partial charge in [-0.15, -0.1) is 0 Å². The second kappa shape index (κ2) is 15.0. The van der Waals surface area contributed by atoms with Crippen molar-refractivity contribution in [3.63, 3.8) is 0 Å². The molecule has 2 heterocycles. The Bertz CT molecular complexity index is 3340. The molecule has 2 heteroatoms. The van der Waals surface area contributed by atoms with Gasteiger partial charge in [-0.3, -0.25) is 0 Å². The summed E-state index contributed by atoms with van der Waals surface area (Å²) in [5, 5.41) is 5.12. The van der Waals surface area contributed by atoms with Crippen LogP contribution in [0.3, 0.4) is 0 Å². The number of allylic oxidation sites excluding steroid dienone is 4. The van der Waals surface area contributed by atoms with Crippen LogP contribution >= 0.6 is 0 Å². The molecule has 0 saturated carbocycles. The highest BCUT2D eigenvalue weighted by molar-refractivity contribution is 6.07. The Labute approximate surface area is 358 Å². The van der Waals surface area contributed by atoms with Gasteiger partial charge in [-0.05, 0) is 142 Å². The normalized spacial score (nSPS) is 14.0. The number of aromatic nitrogens is 2. The zero-order chi connectivity index (χ0) is 41.0. The molecule has 2 aromatic heterocycles. The van der Waals surface area contributed by atoms with Gasteiger partial charge in [0.25, 0.3) is 0 Å². The lowest BCUT2D eigenvalue weighted by molar-refractivity contribution is 0.722. The molecule has 1 aliphatic carbocycles. The van der Waals surface area contributed by atoms with E-state index in [-0.39, 0.29) is 0 Å². The first-order chi connectivity index (χ1) is 30.1. The fraction of sp³-hybridized carbons (Fsp3) is 0.0847. The number of rotatable bonds is 7. The molecule has 11 rings (SSSR count). The molecular weight excluding hydrogens is 737 g/mol. The van der Waals surface area contributed by atoms with Crippen molar-refractivity contribution < 1.29 is 0 Å². The summed E-state index contributed by atoms with van der Waals surface area (Å²) in [6.07, 6.45) is 7.46. The van der Waals surface area contributed by atoms with Crippen molar-refractivity contribution in [3.05, 3.63) is 223 Å². The van der Waals surface area contributed by atoms with Crippen molar-refractivity contribution in [1.82, 2.24) is 9.13 Å². The van der Waals surface area contributed by atoms with E-state index < -0.39 is 0 Å². The van der Waals surface area contributed by atoms with E-state index in [4.69, 9.17) is 0 Å². The van der Waals surface area contributed by atoms with Gasteiger partial charge in [0, 0.05) is 33.4 Å². The average molecular weight is 783 g/mol. The maximum absolute atomic E-state index is 2.57. The summed E-state index contributed by atoms with van der Waals surface area (Å²) in [7, 11) is 0. The minimum atomic E-state index is 0.308. The predicted molar refractivity (Wildman–Crippen MR) is 260 cm³/mol. The molecule has 0 aliphatic heterocycles. The Kier molecular flexibility index (Phi) is 9.01. The van der Waals surface area contributed by atoms with Crippen molar-refractivity contribution in [2.75, 3.05) is 0 Å². The van der Waals surface area contributed by atoms with Crippen LogP contribution in [0.4, 0.5) is 0 Å². The van der Waals surface area contributed by atoms with Gasteiger partial charge in [-0.1, -0.05) is 159 Å². The Balaban J connectivity index is 1.11. The molecule has 1 atom stereocenters. The van der Waals surface area contributed by atoms with E-state index >= 15 is 0 Å². The molecule has 292 valence electrons. The maximum atomic E-state index is 2.57. The van der Waals surface area contributed by atoms with Crippen LogP contribution in [-0.4, -0.2) is 9.13 Å². The van der Waals surface area contributed by atoms with Crippen molar-refractivity contribution in [2.24, 2.45) is 0 Å². The largest absolute Gasteiger partial charge is 0.313 e. The van der Waals surface area contributed by atoms with Gasteiger partial charge in [-0.25, -0.2) is 0 Å². The minimum Gasteiger partial charge on any atom is -0.313 e. The Hall–Kier alpha value is -7.42. The number of hydrogen-bond donors (Lipinski definition) is 0. The summed E-state index contributed by atoms with van der Waals surface area (Å²) in [6, 6.07) is 69.5. The molecule has 0 bridgehead atoms. The van der Waals surface area contributed by atoms with E-state index in [0.717, 1.165) is 6.42 Å². The standard InChI is InChI=1S/C59H46N2/c1-4-18-40(5-2)45-34-46(41-19-8-6-9-20-41)36-47(35-45)42-29-31-48(32-30-42)60-54-27-16-15-26-52(54)58-56(60)33-39(3)57-51-25-14-17-28-55(51)61(59(57)58)49-37-44-23-12-13-24-50(44)53(38-49)43-21-10-7-11-22-43/h4-32,34-39H,33H2,1-3H3/b18-4-,40-5+. The third-order valence-corrected chi connectivity index (χ3v) is 12.8. The van der Waals surface area contributed by atoms with Crippen molar-refractivity contribution >= 4 is 38.2 Å². The number of hydrogen-bond acceptors (Lipinski definition) is 0. The van der Waals surface area contributed by atoms with Crippen LogP contribution in [0.25, 0.3) is 94.2 Å². The molecule has 1 aliphatic rings. The summed E-state index contributed by atoms with van der Waals surface area (Å²) < 4.78 is 5.11. The first-order valence-corrected chi connectivity index (χ1v) is 21.5. The molecule has 8 aromatic carbocycles. The van der Waals surface area contributed by atoms with E-state index in [1.165, 1.54) is 111 Å². The summed E-state index contributed by atoms with van der Waals surface area (Å²) in [6.45, 7) is 6.62. The minimum absolute atomic E-state index is 0.308. The highest BCUT2D eigenvalue weighted by Crippen LogP contribution is 2.51. The van der Waals surface area contributed by atoms with Crippen LogP contribution in [0, 0.1) is 0 Å². The van der Waals surface area contributed by atoms with Crippen molar-refractivity contribution in [1.29, 1.82) is 0 Å². The Morgan fingerprint density at radius 1 is 0.508 bits per heavy atom. The van der Waals surface area contributed by atoms with Gasteiger partial charge >= 0.3 is 0 Å². The molecule has 2 nitrogen and oxygen atoms in total. The third-order valence-electron chi connectivity index (χ3n) is 12.8. The SMILES string of the molecule is C/C=C\C(=C/C)c1cc(-c2ccccc2)cc(-c2ccc(-n3c4c(c5ccccc53)-c3c(c5ccccc5n3-c3cc(-c5ccccc5)c5ccccc5c3)C(C)C4)cc2)c1. The first kappa shape index (κ1) is 36.6. The van der Waals surface area contributed by atoms with Gasteiger partial charge in [0.1, 0.15) is 0 Å². The fourth-order valence-corrected chi connectivity index (χ4v) is 10.1. The average Bonchev–Trinajstić information content (AvgIpc) is 3.84. The highest BCUT2D eigenvalue weighted by atomic mass is 15.0. The number of fused-ring (bicyclic) bond motifs is 8. The van der Waals surface area contributed by atoms with E-state index in [1.54, 1.807) is 0 Å². The Morgan fingerprint density at radius 2 is 1.10 bits per heavy atom. The molecule has 0 radical (unpaired) electrons. The topological polar surface area (TPSA) is 9.86 Å². The lowest BCUT2D eigenvalue weighted by Crippen LogP contribution is -2.13. The quantitative estimate of drug-likeness (QED) is 0.143. The zero-order valence-corrected chi connectivity index (χ0v) is 34.8. The second-order valence-corrected chi connectivity index (χ2v) is 16.4. The van der Waals surface area contributed by atoms with Gasteiger partial charge in [0.2, 0.25) is 0 Å². The van der Waals surface area contributed by atoms with Crippen molar-refractivity contribution in [3.8, 4) is 56.0 Å². The van der Waals surface area contributed by atoms with Crippen LogP contribution in [0.15, 0.2) is 206 Å². The molecule has 0 saturated heterocycles. The summed E-state index contributed by atoms with van der Waals surface area (Å²) in [5.74, 6) is 0.308. The molecule has 1 unspecified atom stereocenters. The molecule has 0 N–H and O–H groups in total. The number of para-hydroxylation sites is 2. The van der Waals surface area contributed by atoms with Gasteiger partial charge in [0.05, 0.1) is 16.7 Å². The van der Waals surface area contributed by atoms with Gasteiger partial charge in [0.15, 0.2) is 0 Å². The second-order valence-electron chi connectivity index (χ2n) is 16.4. The zero-order valence-electron chi connectivity index (χ0n) is 34.8. The monoisotopic (exact) mass is 782 g/mol. The lowest BCUT2D eigenvalue weighted by Gasteiger charge is -2.25. The van der Waals surface area contributed by atoms with Gasteiger partial charge < -0.3 is 9.13 Å². The van der Waals surface area contributed by atoms with Crippen LogP contribution < -0.4 is 0 Å². The fourth-order valence-electron chi connectivity index (χ4n) is 10.1. The van der Waals surface area contributed by atoms with Crippen LogP contribution in [0.1, 0.15) is 43.5 Å². The molecule has 61 heavy (non-hydrogen) atoms. The summed E-state index contributed by atoms with van der Waals surface area (Å²) in [5.41, 5.74) is 20.0. The molecule has 0 spiro atoms. The van der Waals surface area contributed by atoms with E-state index in [9.17, 15) is 0 Å². The predicted octanol–water partition coefficient (Wildman–Crippen LogP) is 16.0. The summed E-state index contributed by atoms with van der Waals surface area (Å²) in [4.78, 5) is 0. The van der Waals surface area contributed by atoms with Crippen LogP contribution in [0.2, 0.25) is 0 Å². The van der Waals surface area contributed by atoms with Gasteiger partial charge in [-0.2, -0.15) is 0 Å². The first-order valence-electron chi connectivity index (χ1n) is 21.5. The van der Waals surface area contributed by atoms with Crippen molar-refractivity contribution in [2.45, 2.75) is 33.1 Å². The molecule has 0 fully saturated rings. The lowest BCUT2D eigenvalue weighted by atomic mass is 9.84. The number of benzene rings is 8. The van der Waals surface area contributed by atoms with Crippen LogP contribution in [-0.2, 0) is 6.42 Å². The summed E-state index contributed by atoms with van der Waals surface area (Å²) >= 11 is 0. The van der Waals surface area contributed by atoms with E-state index in [1.807, 2.05) is 0 Å². The van der Waals surface area contributed by atoms with Crippen LogP contribution in [0.5, 0.6) is 0 Å². The molecule has 10 aromatic rings. The van der Waals surface area contributed by atoms with E-state index in [2.05, 4.69) is 236 Å². The van der Waals surface area contributed by atoms with E-state index in [0.29, 0.717) is 5.92 Å². The molecule has 0 amide bonds. The third kappa shape index (κ3) is 6.09. The maximum Gasteiger partial charge on any atom is 0.0600 e. The Morgan fingerprint density at radius 3 is 1.79 bits per heavy atom. The highest BCUT2D eigenvalue weighted by Gasteiger charge is 2.34. The smallest absolute Gasteiger partial charge is 0.0600 e. The number of nitrogens with zero attached hydrogens (tertiary/aromatic N) is 2. The molecular formula is C59H46N2.